The van der Waals surface area contributed by atoms with Gasteiger partial charge in [0.2, 0.25) is 0 Å². The van der Waals surface area contributed by atoms with Crippen LogP contribution in [-0.4, -0.2) is 5.16 Å². The van der Waals surface area contributed by atoms with Crippen LogP contribution in [0.25, 0.3) is 11.3 Å². The van der Waals surface area contributed by atoms with Crippen LogP contribution < -0.4 is 0 Å². The predicted octanol–water partition coefficient (Wildman–Crippen LogP) is 4.18. The molecule has 0 radical (unpaired) electrons. The van der Waals surface area contributed by atoms with Crippen LogP contribution in [0.1, 0.15) is 30.1 Å². The fraction of sp³-hybridized carbons (Fsp3) is 0.308. The van der Waals surface area contributed by atoms with Crippen molar-refractivity contribution in [1.82, 2.24) is 5.16 Å². The molecule has 2 nitrogen and oxygen atoms in total. The van der Waals surface area contributed by atoms with Crippen LogP contribution in [-0.2, 0) is 0 Å². The molecule has 2 aromatic rings. The van der Waals surface area contributed by atoms with Crippen molar-refractivity contribution in [3.05, 3.63) is 40.6 Å². The second-order valence-electron chi connectivity index (χ2n) is 4.27. The molecule has 16 heavy (non-hydrogen) atoms. The summed E-state index contributed by atoms with van der Waals surface area (Å²) in [5, 5.41) is 4.87. The van der Waals surface area contributed by atoms with Crippen molar-refractivity contribution < 1.29 is 4.52 Å². The van der Waals surface area contributed by atoms with E-state index in [-0.39, 0.29) is 0 Å². The van der Waals surface area contributed by atoms with Gasteiger partial charge in [-0.3, -0.25) is 0 Å². The van der Waals surface area contributed by atoms with Crippen LogP contribution in [0.3, 0.4) is 0 Å². The van der Waals surface area contributed by atoms with Gasteiger partial charge in [-0.15, -0.1) is 0 Å². The summed E-state index contributed by atoms with van der Waals surface area (Å²) in [6.45, 7) is 2.06. The summed E-state index contributed by atoms with van der Waals surface area (Å²) in [6, 6.07) is 7.74. The van der Waals surface area contributed by atoms with Crippen LogP contribution in [0.15, 0.2) is 28.8 Å². The summed E-state index contributed by atoms with van der Waals surface area (Å²) in [7, 11) is 0. The Hall–Kier alpha value is -1.28. The van der Waals surface area contributed by atoms with E-state index in [2.05, 4.69) is 12.1 Å². The molecule has 0 spiro atoms. The molecular weight excluding hydrogens is 222 g/mol. The average molecular weight is 234 g/mol. The summed E-state index contributed by atoms with van der Waals surface area (Å²) in [5.74, 6) is 1.62. The van der Waals surface area contributed by atoms with Crippen molar-refractivity contribution in [3.63, 3.8) is 0 Å². The molecule has 0 unspecified atom stereocenters. The number of benzene rings is 1. The van der Waals surface area contributed by atoms with Crippen molar-refractivity contribution in [2.75, 3.05) is 0 Å². The molecule has 0 N–H and O–H groups in total. The molecule has 1 aromatic heterocycles. The Morgan fingerprint density at radius 2 is 2.06 bits per heavy atom. The summed E-state index contributed by atoms with van der Waals surface area (Å²) in [4.78, 5) is 0. The molecule has 1 heterocycles. The van der Waals surface area contributed by atoms with Gasteiger partial charge >= 0.3 is 0 Å². The first-order valence-corrected chi connectivity index (χ1v) is 5.86. The first-order valence-electron chi connectivity index (χ1n) is 5.48. The molecule has 0 amide bonds. The lowest BCUT2D eigenvalue weighted by atomic mass is 10.1. The standard InChI is InChI=1S/C13H12ClNO/c1-8-12(10-4-2-3-5-11(10)14)15-16-13(8)9-6-7-9/h2-5,9H,6-7H2,1H3. The fourth-order valence-electron chi connectivity index (χ4n) is 1.98. The number of aromatic nitrogens is 1. The highest BCUT2D eigenvalue weighted by Crippen LogP contribution is 2.44. The van der Waals surface area contributed by atoms with Crippen molar-refractivity contribution in [2.24, 2.45) is 0 Å². The van der Waals surface area contributed by atoms with E-state index < -0.39 is 0 Å². The highest BCUT2D eigenvalue weighted by molar-refractivity contribution is 6.33. The van der Waals surface area contributed by atoms with E-state index in [1.54, 1.807) is 0 Å². The van der Waals surface area contributed by atoms with Crippen LogP contribution in [0.4, 0.5) is 0 Å². The minimum Gasteiger partial charge on any atom is -0.360 e. The third-order valence-electron chi connectivity index (χ3n) is 3.04. The van der Waals surface area contributed by atoms with Gasteiger partial charge in [0.05, 0.1) is 5.02 Å². The van der Waals surface area contributed by atoms with Crippen molar-refractivity contribution in [1.29, 1.82) is 0 Å². The van der Waals surface area contributed by atoms with Gasteiger partial charge in [0, 0.05) is 17.0 Å². The Balaban J connectivity index is 2.10. The zero-order chi connectivity index (χ0) is 11.1. The summed E-state index contributed by atoms with van der Waals surface area (Å²) in [5.41, 5.74) is 2.97. The minimum absolute atomic E-state index is 0.587. The highest BCUT2D eigenvalue weighted by Gasteiger charge is 2.31. The van der Waals surface area contributed by atoms with Gasteiger partial charge in [-0.2, -0.15) is 0 Å². The molecule has 0 saturated heterocycles. The number of hydrogen-bond donors (Lipinski definition) is 0. The van der Waals surface area contributed by atoms with E-state index >= 15 is 0 Å². The maximum Gasteiger partial charge on any atom is 0.143 e. The van der Waals surface area contributed by atoms with Crippen LogP contribution in [0.2, 0.25) is 5.02 Å². The van der Waals surface area contributed by atoms with Gasteiger partial charge < -0.3 is 4.52 Å². The van der Waals surface area contributed by atoms with Crippen LogP contribution in [0, 0.1) is 6.92 Å². The molecule has 1 aliphatic rings. The minimum atomic E-state index is 0.587. The first-order chi connectivity index (χ1) is 7.77. The molecule has 1 aliphatic carbocycles. The Morgan fingerprint density at radius 1 is 1.31 bits per heavy atom. The van der Waals surface area contributed by atoms with Gasteiger partial charge in [-0.25, -0.2) is 0 Å². The van der Waals surface area contributed by atoms with E-state index in [1.807, 2.05) is 24.3 Å². The Kier molecular flexibility index (Phi) is 2.25. The van der Waals surface area contributed by atoms with Gasteiger partial charge in [-0.1, -0.05) is 35.0 Å². The molecule has 3 heteroatoms. The van der Waals surface area contributed by atoms with Gasteiger partial charge in [0.15, 0.2) is 0 Å². The molecular formula is C13H12ClNO. The zero-order valence-corrected chi connectivity index (χ0v) is 9.79. The summed E-state index contributed by atoms with van der Waals surface area (Å²) >= 11 is 6.15. The van der Waals surface area contributed by atoms with Crippen LogP contribution in [0.5, 0.6) is 0 Å². The highest BCUT2D eigenvalue weighted by atomic mass is 35.5. The second kappa shape index (κ2) is 3.63. The predicted molar refractivity (Wildman–Crippen MR) is 63.7 cm³/mol. The number of hydrogen-bond acceptors (Lipinski definition) is 2. The Morgan fingerprint density at radius 3 is 2.75 bits per heavy atom. The summed E-state index contributed by atoms with van der Waals surface area (Å²) in [6.07, 6.45) is 2.44. The Labute approximate surface area is 99.2 Å². The largest absolute Gasteiger partial charge is 0.360 e. The van der Waals surface area contributed by atoms with Gasteiger partial charge in [-0.05, 0) is 25.8 Å². The molecule has 1 fully saturated rings. The van der Waals surface area contributed by atoms with Crippen molar-refractivity contribution in [2.45, 2.75) is 25.7 Å². The van der Waals surface area contributed by atoms with E-state index in [4.69, 9.17) is 16.1 Å². The monoisotopic (exact) mass is 233 g/mol. The SMILES string of the molecule is Cc1c(-c2ccccc2Cl)noc1C1CC1. The van der Waals surface area contributed by atoms with Crippen molar-refractivity contribution >= 4 is 11.6 Å². The molecule has 82 valence electrons. The maximum absolute atomic E-state index is 6.15. The number of rotatable bonds is 2. The zero-order valence-electron chi connectivity index (χ0n) is 9.03. The summed E-state index contributed by atoms with van der Waals surface area (Å²) < 4.78 is 5.42. The fourth-order valence-corrected chi connectivity index (χ4v) is 2.20. The van der Waals surface area contributed by atoms with E-state index in [1.165, 1.54) is 12.8 Å². The molecule has 0 aliphatic heterocycles. The smallest absolute Gasteiger partial charge is 0.143 e. The molecule has 0 atom stereocenters. The maximum atomic E-state index is 6.15. The lowest BCUT2D eigenvalue weighted by molar-refractivity contribution is 0.385. The normalized spacial score (nSPS) is 15.4. The average Bonchev–Trinajstić information content (AvgIpc) is 3.05. The van der Waals surface area contributed by atoms with Gasteiger partial charge in [0.1, 0.15) is 11.5 Å². The third kappa shape index (κ3) is 1.54. The quantitative estimate of drug-likeness (QED) is 0.778. The molecule has 1 saturated carbocycles. The number of halogens is 1. The van der Waals surface area contributed by atoms with E-state index in [9.17, 15) is 0 Å². The first kappa shape index (κ1) is 9.91. The Bertz CT molecular complexity index is 528. The third-order valence-corrected chi connectivity index (χ3v) is 3.37. The lowest BCUT2D eigenvalue weighted by Crippen LogP contribution is -1.83. The second-order valence-corrected chi connectivity index (χ2v) is 4.68. The topological polar surface area (TPSA) is 26.0 Å². The lowest BCUT2D eigenvalue weighted by Gasteiger charge is -2.00. The molecule has 0 bridgehead atoms. The van der Waals surface area contributed by atoms with Gasteiger partial charge in [0.25, 0.3) is 0 Å². The molecule has 1 aromatic carbocycles. The van der Waals surface area contributed by atoms with Crippen LogP contribution >= 0.6 is 11.6 Å². The number of nitrogens with zero attached hydrogens (tertiary/aromatic N) is 1. The molecule has 3 rings (SSSR count). The van der Waals surface area contributed by atoms with E-state index in [0.29, 0.717) is 5.92 Å². The van der Waals surface area contributed by atoms with Crippen molar-refractivity contribution in [3.8, 4) is 11.3 Å². The van der Waals surface area contributed by atoms with E-state index in [0.717, 1.165) is 27.6 Å².